The van der Waals surface area contributed by atoms with E-state index in [0.717, 1.165) is 28.3 Å². The van der Waals surface area contributed by atoms with Gasteiger partial charge < -0.3 is 5.32 Å². The van der Waals surface area contributed by atoms with Gasteiger partial charge in [0.05, 0.1) is 10.2 Å². The number of para-hydroxylation sites is 1. The van der Waals surface area contributed by atoms with Gasteiger partial charge in [-0.3, -0.25) is 0 Å². The molecule has 0 aliphatic rings. The molecule has 0 bridgehead atoms. The fraction of sp³-hybridized carbons (Fsp3) is 0.0455. The lowest BCUT2D eigenvalue weighted by molar-refractivity contribution is 1.34. The summed E-state index contributed by atoms with van der Waals surface area (Å²) in [7, 11) is 0. The number of hydrogen-bond acceptors (Lipinski definition) is 3. The van der Waals surface area contributed by atoms with E-state index >= 15 is 0 Å². The highest BCUT2D eigenvalue weighted by molar-refractivity contribution is 7.21. The molecule has 0 aliphatic carbocycles. The van der Waals surface area contributed by atoms with Crippen molar-refractivity contribution in [3.63, 3.8) is 0 Å². The molecule has 1 heterocycles. The van der Waals surface area contributed by atoms with Crippen molar-refractivity contribution in [2.75, 3.05) is 11.9 Å². The third-order valence-electron chi connectivity index (χ3n) is 3.94. The van der Waals surface area contributed by atoms with Gasteiger partial charge >= 0.3 is 0 Å². The Morgan fingerprint density at radius 1 is 0.880 bits per heavy atom. The van der Waals surface area contributed by atoms with Crippen LogP contribution in [0, 0.1) is 0 Å². The molecule has 0 saturated heterocycles. The fourth-order valence-corrected chi connectivity index (χ4v) is 3.66. The summed E-state index contributed by atoms with van der Waals surface area (Å²) in [6.45, 7) is 0.790. The number of rotatable bonds is 5. The van der Waals surface area contributed by atoms with Gasteiger partial charge in [-0.05, 0) is 29.8 Å². The molecule has 3 aromatic carbocycles. The van der Waals surface area contributed by atoms with Gasteiger partial charge in [0, 0.05) is 17.8 Å². The zero-order valence-electron chi connectivity index (χ0n) is 13.7. The molecule has 0 unspecified atom stereocenters. The standard InChI is InChI=1S/C22H18N2S/c1-2-8-17(9-3-1)10-7-15-23-19-12-6-11-18(16-19)22-24-20-13-4-5-14-21(20)25-22/h1-14,16,23H,15H2/b10-7+. The third-order valence-corrected chi connectivity index (χ3v) is 5.02. The van der Waals surface area contributed by atoms with E-state index in [2.05, 4.69) is 84.2 Å². The molecule has 1 N–H and O–H groups in total. The highest BCUT2D eigenvalue weighted by Gasteiger charge is 2.06. The first-order valence-corrected chi connectivity index (χ1v) is 9.12. The molecular weight excluding hydrogens is 324 g/mol. The highest BCUT2D eigenvalue weighted by atomic mass is 32.1. The first-order chi connectivity index (χ1) is 12.4. The van der Waals surface area contributed by atoms with Crippen LogP contribution in [-0.4, -0.2) is 11.5 Å². The van der Waals surface area contributed by atoms with E-state index in [-0.39, 0.29) is 0 Å². The van der Waals surface area contributed by atoms with E-state index in [4.69, 9.17) is 4.98 Å². The van der Waals surface area contributed by atoms with Gasteiger partial charge in [-0.25, -0.2) is 4.98 Å². The maximum atomic E-state index is 4.74. The second kappa shape index (κ2) is 7.32. The minimum absolute atomic E-state index is 0.790. The summed E-state index contributed by atoms with van der Waals surface area (Å²) in [4.78, 5) is 4.74. The largest absolute Gasteiger partial charge is 0.382 e. The Balaban J connectivity index is 1.47. The SMILES string of the molecule is C(=C\c1ccccc1)/CNc1cccc(-c2nc3ccccc3s2)c1. The van der Waals surface area contributed by atoms with Gasteiger partial charge in [0.25, 0.3) is 0 Å². The predicted octanol–water partition coefficient (Wildman–Crippen LogP) is 6.09. The van der Waals surface area contributed by atoms with Crippen molar-refractivity contribution < 1.29 is 0 Å². The maximum absolute atomic E-state index is 4.74. The molecule has 0 amide bonds. The topological polar surface area (TPSA) is 24.9 Å². The summed E-state index contributed by atoms with van der Waals surface area (Å²) in [6.07, 6.45) is 4.27. The second-order valence-electron chi connectivity index (χ2n) is 5.76. The predicted molar refractivity (Wildman–Crippen MR) is 109 cm³/mol. The molecule has 0 saturated carbocycles. The number of fused-ring (bicyclic) bond motifs is 1. The Hall–Kier alpha value is -2.91. The zero-order valence-corrected chi connectivity index (χ0v) is 14.5. The van der Waals surface area contributed by atoms with Gasteiger partial charge in [0.2, 0.25) is 0 Å². The zero-order chi connectivity index (χ0) is 16.9. The van der Waals surface area contributed by atoms with E-state index in [1.54, 1.807) is 11.3 Å². The average Bonchev–Trinajstić information content (AvgIpc) is 3.11. The van der Waals surface area contributed by atoms with Gasteiger partial charge in [0.1, 0.15) is 5.01 Å². The van der Waals surface area contributed by atoms with Gasteiger partial charge in [-0.1, -0.05) is 66.7 Å². The minimum Gasteiger partial charge on any atom is -0.382 e. The van der Waals surface area contributed by atoms with E-state index in [0.29, 0.717) is 0 Å². The van der Waals surface area contributed by atoms with Crippen molar-refractivity contribution in [3.05, 3.63) is 90.5 Å². The van der Waals surface area contributed by atoms with Crippen LogP contribution in [0.1, 0.15) is 5.56 Å². The van der Waals surface area contributed by atoms with Crippen LogP contribution in [0.3, 0.4) is 0 Å². The van der Waals surface area contributed by atoms with E-state index in [9.17, 15) is 0 Å². The van der Waals surface area contributed by atoms with Crippen molar-refractivity contribution in [1.82, 2.24) is 4.98 Å². The molecule has 0 spiro atoms. The van der Waals surface area contributed by atoms with Crippen LogP contribution in [-0.2, 0) is 0 Å². The molecule has 4 rings (SSSR count). The van der Waals surface area contributed by atoms with Gasteiger partial charge in [-0.15, -0.1) is 11.3 Å². The lowest BCUT2D eigenvalue weighted by atomic mass is 10.2. The molecule has 3 heteroatoms. The van der Waals surface area contributed by atoms with E-state index in [1.165, 1.54) is 10.3 Å². The van der Waals surface area contributed by atoms with Crippen LogP contribution in [0.25, 0.3) is 26.9 Å². The summed E-state index contributed by atoms with van der Waals surface area (Å²) in [5.74, 6) is 0. The Kier molecular flexibility index (Phi) is 4.57. The number of thiazole rings is 1. The number of hydrogen-bond donors (Lipinski definition) is 1. The molecule has 25 heavy (non-hydrogen) atoms. The molecule has 1 aromatic heterocycles. The monoisotopic (exact) mass is 342 g/mol. The number of nitrogens with zero attached hydrogens (tertiary/aromatic N) is 1. The second-order valence-corrected chi connectivity index (χ2v) is 6.79. The third kappa shape index (κ3) is 3.78. The fourth-order valence-electron chi connectivity index (χ4n) is 2.69. The number of nitrogens with one attached hydrogen (secondary N) is 1. The first kappa shape index (κ1) is 15.6. The lowest BCUT2D eigenvalue weighted by Crippen LogP contribution is -1.97. The molecule has 0 atom stereocenters. The highest BCUT2D eigenvalue weighted by Crippen LogP contribution is 2.31. The van der Waals surface area contributed by atoms with E-state index < -0.39 is 0 Å². The summed E-state index contributed by atoms with van der Waals surface area (Å²) < 4.78 is 1.22. The first-order valence-electron chi connectivity index (χ1n) is 8.30. The molecule has 0 fully saturated rings. The number of aromatic nitrogens is 1. The lowest BCUT2D eigenvalue weighted by Gasteiger charge is -2.05. The smallest absolute Gasteiger partial charge is 0.124 e. The van der Waals surface area contributed by atoms with Gasteiger partial charge in [-0.2, -0.15) is 0 Å². The summed E-state index contributed by atoms with van der Waals surface area (Å²) in [6, 6.07) is 27.0. The van der Waals surface area contributed by atoms with Crippen molar-refractivity contribution in [2.24, 2.45) is 0 Å². The van der Waals surface area contributed by atoms with Crippen LogP contribution in [0.15, 0.2) is 84.9 Å². The molecule has 122 valence electrons. The van der Waals surface area contributed by atoms with E-state index in [1.807, 2.05) is 12.1 Å². The molecule has 2 nitrogen and oxygen atoms in total. The summed E-state index contributed by atoms with van der Waals surface area (Å²) >= 11 is 1.73. The van der Waals surface area contributed by atoms with Crippen LogP contribution in [0.4, 0.5) is 5.69 Å². The quantitative estimate of drug-likeness (QED) is 0.475. The Bertz CT molecular complexity index is 970. The van der Waals surface area contributed by atoms with Crippen molar-refractivity contribution >= 4 is 33.3 Å². The number of benzene rings is 3. The van der Waals surface area contributed by atoms with Crippen molar-refractivity contribution in [3.8, 4) is 10.6 Å². The van der Waals surface area contributed by atoms with Gasteiger partial charge in [0.15, 0.2) is 0 Å². The van der Waals surface area contributed by atoms with Crippen molar-refractivity contribution in [1.29, 1.82) is 0 Å². The Morgan fingerprint density at radius 3 is 2.60 bits per heavy atom. The van der Waals surface area contributed by atoms with Crippen LogP contribution < -0.4 is 5.32 Å². The molecule has 4 aromatic rings. The maximum Gasteiger partial charge on any atom is 0.124 e. The molecule has 0 aliphatic heterocycles. The summed E-state index contributed by atoms with van der Waals surface area (Å²) in [5, 5.41) is 4.51. The van der Waals surface area contributed by atoms with Crippen molar-refractivity contribution in [2.45, 2.75) is 0 Å². The minimum atomic E-state index is 0.790. The number of anilines is 1. The normalized spacial score (nSPS) is 11.2. The molecule has 0 radical (unpaired) electrons. The summed E-state index contributed by atoms with van der Waals surface area (Å²) in [5.41, 5.74) is 4.53. The Morgan fingerprint density at radius 2 is 1.72 bits per heavy atom. The van der Waals surface area contributed by atoms with Crippen LogP contribution >= 0.6 is 11.3 Å². The van der Waals surface area contributed by atoms with Crippen LogP contribution in [0.2, 0.25) is 0 Å². The molecular formula is C22H18N2S. The Labute approximate surface area is 151 Å². The van der Waals surface area contributed by atoms with Crippen LogP contribution in [0.5, 0.6) is 0 Å². The average molecular weight is 342 g/mol.